The van der Waals surface area contributed by atoms with Gasteiger partial charge in [-0.2, -0.15) is 0 Å². The Morgan fingerprint density at radius 2 is 1.03 bits per heavy atom. The highest BCUT2D eigenvalue weighted by atomic mass is 16.5. The van der Waals surface area contributed by atoms with Gasteiger partial charge in [-0.25, -0.2) is 0 Å². The minimum Gasteiger partial charge on any atom is -0.493 e. The molecule has 8 nitrogen and oxygen atoms in total. The number of aliphatic hydroxyl groups is 2. The van der Waals surface area contributed by atoms with Gasteiger partial charge in [0.1, 0.15) is 23.7 Å². The number of benzene rings is 3. The maximum Gasteiger partial charge on any atom is 0.184 e. The van der Waals surface area contributed by atoms with Crippen LogP contribution in [0.15, 0.2) is 104 Å². The Kier molecular flexibility index (Phi) is 18.1. The van der Waals surface area contributed by atoms with Crippen LogP contribution in [-0.4, -0.2) is 47.2 Å². The van der Waals surface area contributed by atoms with Crippen molar-refractivity contribution < 1.29 is 29.3 Å². The zero-order valence-electron chi connectivity index (χ0n) is 34.8. The molecular weight excluding hydrogens is 737 g/mol. The van der Waals surface area contributed by atoms with E-state index in [9.17, 15) is 19.8 Å². The van der Waals surface area contributed by atoms with Gasteiger partial charge in [-0.3, -0.25) is 9.59 Å². The summed E-state index contributed by atoms with van der Waals surface area (Å²) in [7, 11) is 0. The number of allylic oxidation sites excluding steroid dienone is 2. The van der Waals surface area contributed by atoms with Crippen molar-refractivity contribution in [3.63, 3.8) is 0 Å². The largest absolute Gasteiger partial charge is 0.493 e. The lowest BCUT2D eigenvalue weighted by molar-refractivity contribution is -0.130. The zero-order chi connectivity index (χ0) is 42.0. The quantitative estimate of drug-likeness (QED) is 0.0321. The van der Waals surface area contributed by atoms with Crippen molar-refractivity contribution in [2.75, 3.05) is 24.7 Å². The second-order valence-corrected chi connectivity index (χ2v) is 16.7. The van der Waals surface area contributed by atoms with E-state index in [1.807, 2.05) is 60.7 Å². The van der Waals surface area contributed by atoms with Crippen LogP contribution >= 0.6 is 0 Å². The van der Waals surface area contributed by atoms with E-state index >= 15 is 0 Å². The molecule has 6 N–H and O–H groups in total. The van der Waals surface area contributed by atoms with Crippen molar-refractivity contribution >= 4 is 35.1 Å². The van der Waals surface area contributed by atoms with Crippen LogP contribution in [-0.2, 0) is 9.59 Å². The van der Waals surface area contributed by atoms with Crippen LogP contribution in [0.1, 0.15) is 112 Å². The highest BCUT2D eigenvalue weighted by molar-refractivity contribution is 6.01. The number of anilines is 2. The summed E-state index contributed by atoms with van der Waals surface area (Å²) in [4.78, 5) is 26.8. The van der Waals surface area contributed by atoms with E-state index in [4.69, 9.17) is 20.9 Å². The molecule has 0 aromatic heterocycles. The number of ketones is 2. The highest BCUT2D eigenvalue weighted by Gasteiger charge is 2.36. The van der Waals surface area contributed by atoms with Crippen LogP contribution < -0.4 is 20.9 Å². The van der Waals surface area contributed by atoms with E-state index in [1.165, 1.54) is 101 Å². The summed E-state index contributed by atoms with van der Waals surface area (Å²) in [5, 5.41) is 22.8. The number of aliphatic hydroxyl groups excluding tert-OH is 2. The van der Waals surface area contributed by atoms with Crippen LogP contribution in [0.2, 0.25) is 0 Å². The number of carbonyl (C=O) groups is 2. The fourth-order valence-corrected chi connectivity index (χ4v) is 8.57. The van der Waals surface area contributed by atoms with Crippen LogP contribution in [0.3, 0.4) is 0 Å². The molecule has 2 unspecified atom stereocenters. The van der Waals surface area contributed by atoms with Gasteiger partial charge in [-0.15, -0.1) is 13.2 Å². The number of unbranched alkanes of at least 4 members (excludes halogenated alkanes) is 2. The zero-order valence-corrected chi connectivity index (χ0v) is 34.8. The van der Waals surface area contributed by atoms with Crippen molar-refractivity contribution in [3.05, 3.63) is 121 Å². The summed E-state index contributed by atoms with van der Waals surface area (Å²) < 4.78 is 12.2. The number of hydrogen-bond acceptors (Lipinski definition) is 8. The minimum absolute atomic E-state index is 0.154. The molecule has 316 valence electrons. The lowest BCUT2D eigenvalue weighted by Gasteiger charge is -2.28. The van der Waals surface area contributed by atoms with Gasteiger partial charge in [0.05, 0.1) is 19.1 Å². The molecule has 3 aromatic carbocycles. The van der Waals surface area contributed by atoms with Crippen LogP contribution in [0.25, 0.3) is 12.2 Å². The third-order valence-electron chi connectivity index (χ3n) is 12.3. The first-order valence-corrected chi connectivity index (χ1v) is 21.8. The van der Waals surface area contributed by atoms with E-state index in [-0.39, 0.29) is 11.3 Å². The molecule has 2 aliphatic rings. The average molecular weight is 803 g/mol. The number of nitrogen functional groups attached to an aromatic ring is 2. The standard InChI is InChI=1S/C51H66N2O6/c1-3-5-7-9-36-11-15-40(16-12-36)34-58-43-26-19-38(20-27-43)23-31-47(54)50(56)49(45-30-25-42(52)33-46(45)53)51(57)48(55)32-24-39-21-28-44(29-22-39)59-35-41-17-13-37(14-18-41)10-8-6-4-2/h3-4,19-33,36-37,40-41,49-51,56-57H,1-2,5-18,34-35,52-53H2/b31-23+,32-24+. The summed E-state index contributed by atoms with van der Waals surface area (Å²) >= 11 is 0. The van der Waals surface area contributed by atoms with Crippen molar-refractivity contribution in [3.8, 4) is 11.5 Å². The van der Waals surface area contributed by atoms with Crippen molar-refractivity contribution in [2.24, 2.45) is 23.7 Å². The molecule has 0 radical (unpaired) electrons. The monoisotopic (exact) mass is 802 g/mol. The molecule has 0 spiro atoms. The minimum atomic E-state index is -1.77. The second-order valence-electron chi connectivity index (χ2n) is 16.7. The first-order chi connectivity index (χ1) is 28.6. The fraction of sp³-hybridized carbons (Fsp3) is 0.451. The van der Waals surface area contributed by atoms with Gasteiger partial charge in [0.15, 0.2) is 11.6 Å². The van der Waals surface area contributed by atoms with E-state index in [2.05, 4.69) is 13.2 Å². The first-order valence-electron chi connectivity index (χ1n) is 21.8. The molecule has 5 rings (SSSR count). The number of ether oxygens (including phenoxy) is 2. The Morgan fingerprint density at radius 1 is 0.627 bits per heavy atom. The Bertz CT molecular complexity index is 1730. The van der Waals surface area contributed by atoms with E-state index in [1.54, 1.807) is 18.2 Å². The molecule has 0 amide bonds. The lowest BCUT2D eigenvalue weighted by atomic mass is 9.80. The summed E-state index contributed by atoms with van der Waals surface area (Å²) in [5.41, 5.74) is 14.4. The molecule has 2 saturated carbocycles. The van der Waals surface area contributed by atoms with Crippen molar-refractivity contribution in [1.29, 1.82) is 0 Å². The van der Waals surface area contributed by atoms with Crippen molar-refractivity contribution in [2.45, 2.75) is 108 Å². The Hall–Kier alpha value is -4.92. The topological polar surface area (TPSA) is 145 Å². The van der Waals surface area contributed by atoms with Gasteiger partial charge in [0.2, 0.25) is 0 Å². The molecule has 59 heavy (non-hydrogen) atoms. The summed E-state index contributed by atoms with van der Waals surface area (Å²) in [5.74, 6) is 1.55. The van der Waals surface area contributed by atoms with Crippen LogP contribution in [0.5, 0.6) is 11.5 Å². The van der Waals surface area contributed by atoms with Crippen LogP contribution in [0, 0.1) is 23.7 Å². The highest BCUT2D eigenvalue weighted by Crippen LogP contribution is 2.35. The van der Waals surface area contributed by atoms with Gasteiger partial charge in [-0.1, -0.05) is 93.2 Å². The van der Waals surface area contributed by atoms with Crippen molar-refractivity contribution in [1.82, 2.24) is 0 Å². The Balaban J connectivity index is 1.13. The fourth-order valence-electron chi connectivity index (χ4n) is 8.57. The summed E-state index contributed by atoms with van der Waals surface area (Å²) in [6, 6.07) is 19.4. The van der Waals surface area contributed by atoms with Gasteiger partial charge < -0.3 is 31.2 Å². The average Bonchev–Trinajstić information content (AvgIpc) is 3.25. The Morgan fingerprint density at radius 3 is 1.42 bits per heavy atom. The molecular formula is C51H66N2O6. The molecule has 2 fully saturated rings. The lowest BCUT2D eigenvalue weighted by Crippen LogP contribution is -2.39. The second kappa shape index (κ2) is 23.6. The number of carbonyl (C=O) groups excluding carboxylic acids is 2. The third kappa shape index (κ3) is 14.4. The van der Waals surface area contributed by atoms with E-state index in [0.717, 1.165) is 47.3 Å². The first kappa shape index (κ1) is 45.2. The maximum atomic E-state index is 13.4. The third-order valence-corrected chi connectivity index (χ3v) is 12.3. The maximum absolute atomic E-state index is 13.4. The molecule has 2 aliphatic carbocycles. The van der Waals surface area contributed by atoms with Gasteiger partial charge in [-0.05, 0) is 140 Å². The molecule has 0 aliphatic heterocycles. The van der Waals surface area contributed by atoms with Crippen LogP contribution in [0.4, 0.5) is 11.4 Å². The van der Waals surface area contributed by atoms with Gasteiger partial charge >= 0.3 is 0 Å². The molecule has 3 aromatic rings. The predicted octanol–water partition coefficient (Wildman–Crippen LogP) is 10.3. The SMILES string of the molecule is C=CCCCC1CCC(COc2ccc(/C=C/C(=O)C(O)C(c3ccc(N)cc3N)C(O)C(=O)/C=C/c3ccc(OCC4CCC(CCCC=C)CC4)cc3)cc2)CC1. The molecule has 2 atom stereocenters. The van der Waals surface area contributed by atoms with Gasteiger partial charge in [0, 0.05) is 11.4 Å². The molecule has 0 bridgehead atoms. The van der Waals surface area contributed by atoms with Gasteiger partial charge in [0.25, 0.3) is 0 Å². The van der Waals surface area contributed by atoms with E-state index in [0.29, 0.717) is 30.7 Å². The summed E-state index contributed by atoms with van der Waals surface area (Å²) in [6.07, 6.45) is 23.1. The normalized spacial score (nSPS) is 21.1. The predicted molar refractivity (Wildman–Crippen MR) is 241 cm³/mol. The number of rotatable bonds is 23. The summed E-state index contributed by atoms with van der Waals surface area (Å²) in [6.45, 7) is 9.02. The molecule has 8 heteroatoms. The molecule has 0 saturated heterocycles. The molecule has 0 heterocycles. The number of hydrogen-bond donors (Lipinski definition) is 4. The van der Waals surface area contributed by atoms with E-state index < -0.39 is 29.7 Å². The number of nitrogens with two attached hydrogens (primary N) is 2. The smallest absolute Gasteiger partial charge is 0.184 e. The Labute approximate surface area is 352 Å².